The van der Waals surface area contributed by atoms with Gasteiger partial charge in [-0.25, -0.2) is 0 Å². The summed E-state index contributed by atoms with van der Waals surface area (Å²) in [5.41, 5.74) is 2.64. The summed E-state index contributed by atoms with van der Waals surface area (Å²) in [5, 5.41) is 4.27. The normalized spacial score (nSPS) is 19.7. The number of aryl methyl sites for hydroxylation is 2. The van der Waals surface area contributed by atoms with E-state index in [4.69, 9.17) is 27.9 Å². The van der Waals surface area contributed by atoms with Crippen LogP contribution in [0.15, 0.2) is 35.3 Å². The van der Waals surface area contributed by atoms with Gasteiger partial charge in [-0.3, -0.25) is 14.4 Å². The number of carbonyl (C=O) groups excluding carboxylic acids is 2. The summed E-state index contributed by atoms with van der Waals surface area (Å²) in [5.74, 6) is -0.437. The van der Waals surface area contributed by atoms with Gasteiger partial charge in [0.05, 0.1) is 23.1 Å². The Labute approximate surface area is 221 Å². The third-order valence-electron chi connectivity index (χ3n) is 7.20. The van der Waals surface area contributed by atoms with Gasteiger partial charge in [0.15, 0.2) is 0 Å². The van der Waals surface area contributed by atoms with E-state index in [-0.39, 0.29) is 35.3 Å². The van der Waals surface area contributed by atoms with Crippen LogP contribution in [0.3, 0.4) is 0 Å². The van der Waals surface area contributed by atoms with Crippen molar-refractivity contribution in [3.05, 3.63) is 67.6 Å². The number of ether oxygens (including phenoxy) is 1. The van der Waals surface area contributed by atoms with E-state index >= 15 is 0 Å². The van der Waals surface area contributed by atoms with E-state index in [0.717, 1.165) is 42.5 Å². The molecule has 0 bridgehead atoms. The van der Waals surface area contributed by atoms with Crippen molar-refractivity contribution in [3.63, 3.8) is 0 Å². The van der Waals surface area contributed by atoms with E-state index in [9.17, 15) is 14.4 Å². The third kappa shape index (κ3) is 6.31. The van der Waals surface area contributed by atoms with Crippen LogP contribution in [0.1, 0.15) is 54.7 Å². The van der Waals surface area contributed by atoms with E-state index in [2.05, 4.69) is 5.32 Å². The lowest BCUT2D eigenvalue weighted by molar-refractivity contribution is -0.140. The van der Waals surface area contributed by atoms with Crippen LogP contribution < -0.4 is 10.9 Å². The molecule has 2 aromatic rings. The molecule has 1 unspecified atom stereocenters. The Morgan fingerprint density at radius 2 is 1.97 bits per heavy atom. The molecule has 1 amide bonds. The number of hydrogen-bond donors (Lipinski definition) is 1. The van der Waals surface area contributed by atoms with Crippen LogP contribution in [-0.2, 0) is 34.3 Å². The average Bonchev–Trinajstić information content (AvgIpc) is 3.71. The number of rotatable bonds is 9. The van der Waals surface area contributed by atoms with E-state index in [1.54, 1.807) is 23.9 Å². The summed E-state index contributed by atoms with van der Waals surface area (Å²) >= 11 is 13.1. The summed E-state index contributed by atoms with van der Waals surface area (Å²) in [6, 6.07) is 7.61. The highest BCUT2D eigenvalue weighted by atomic mass is 35.5. The summed E-state index contributed by atoms with van der Waals surface area (Å²) in [7, 11) is 3.11. The van der Waals surface area contributed by atoms with E-state index in [1.165, 1.54) is 7.11 Å². The minimum atomic E-state index is -0.260. The fourth-order valence-electron chi connectivity index (χ4n) is 4.99. The number of nitrogens with one attached hydrogen (secondary N) is 1. The zero-order valence-corrected chi connectivity index (χ0v) is 22.3. The number of esters is 1. The molecule has 1 N–H and O–H groups in total. The molecule has 194 valence electrons. The SMILES string of the molecule is COC(=O)CCCc1cc(Cl)c(Cl)c(CN(C(=O)[C@H]2CNCCC2c2ccn(C)c(=O)c2)C2CC2)c1. The van der Waals surface area contributed by atoms with Crippen molar-refractivity contribution in [2.24, 2.45) is 13.0 Å². The predicted molar refractivity (Wildman–Crippen MR) is 140 cm³/mol. The van der Waals surface area contributed by atoms with Gasteiger partial charge in [-0.1, -0.05) is 29.3 Å². The first kappa shape index (κ1) is 26.7. The molecule has 2 fully saturated rings. The molecule has 4 rings (SSSR count). The third-order valence-corrected chi connectivity index (χ3v) is 8.05. The van der Waals surface area contributed by atoms with Gasteiger partial charge in [0.25, 0.3) is 5.56 Å². The minimum absolute atomic E-state index is 0.0161. The lowest BCUT2D eigenvalue weighted by atomic mass is 9.80. The largest absolute Gasteiger partial charge is 0.469 e. The number of piperidine rings is 1. The molecule has 2 aliphatic rings. The van der Waals surface area contributed by atoms with E-state index in [0.29, 0.717) is 42.4 Å². The molecule has 0 radical (unpaired) electrons. The molecule has 1 saturated carbocycles. The van der Waals surface area contributed by atoms with Crippen LogP contribution in [-0.4, -0.2) is 47.6 Å². The maximum atomic E-state index is 14.0. The van der Waals surface area contributed by atoms with Crippen LogP contribution in [0, 0.1) is 5.92 Å². The number of amides is 1. The van der Waals surface area contributed by atoms with Gasteiger partial charge < -0.3 is 19.5 Å². The number of carbonyl (C=O) groups is 2. The lowest BCUT2D eigenvalue weighted by Crippen LogP contribution is -2.47. The molecular formula is C27H33Cl2N3O4. The number of aromatic nitrogens is 1. The molecular weight excluding hydrogens is 501 g/mol. The highest BCUT2D eigenvalue weighted by Gasteiger charge is 2.40. The summed E-state index contributed by atoms with van der Waals surface area (Å²) in [6.45, 7) is 1.76. The molecule has 36 heavy (non-hydrogen) atoms. The predicted octanol–water partition coefficient (Wildman–Crippen LogP) is 4.07. The Hall–Kier alpha value is -2.35. The fourth-order valence-corrected chi connectivity index (χ4v) is 5.42. The van der Waals surface area contributed by atoms with Crippen molar-refractivity contribution in [2.75, 3.05) is 20.2 Å². The van der Waals surface area contributed by atoms with Crippen molar-refractivity contribution in [1.29, 1.82) is 0 Å². The zero-order valence-electron chi connectivity index (χ0n) is 20.8. The van der Waals surface area contributed by atoms with Crippen molar-refractivity contribution in [3.8, 4) is 0 Å². The maximum Gasteiger partial charge on any atom is 0.305 e. The van der Waals surface area contributed by atoms with Gasteiger partial charge in [-0.05, 0) is 73.4 Å². The summed E-state index contributed by atoms with van der Waals surface area (Å²) in [4.78, 5) is 39.7. The maximum absolute atomic E-state index is 14.0. The molecule has 7 nitrogen and oxygen atoms in total. The first-order valence-corrected chi connectivity index (χ1v) is 13.3. The Bertz CT molecular complexity index is 1180. The second-order valence-electron chi connectivity index (χ2n) is 9.79. The van der Waals surface area contributed by atoms with Crippen LogP contribution in [0.25, 0.3) is 0 Å². The zero-order chi connectivity index (χ0) is 25.8. The van der Waals surface area contributed by atoms with Crippen LogP contribution in [0.4, 0.5) is 0 Å². The highest BCUT2D eigenvalue weighted by molar-refractivity contribution is 6.42. The molecule has 9 heteroatoms. The summed E-state index contributed by atoms with van der Waals surface area (Å²) in [6.07, 6.45) is 6.13. The number of hydrogen-bond acceptors (Lipinski definition) is 5. The smallest absolute Gasteiger partial charge is 0.305 e. The van der Waals surface area contributed by atoms with E-state index in [1.807, 2.05) is 23.1 Å². The topological polar surface area (TPSA) is 80.6 Å². The van der Waals surface area contributed by atoms with Crippen molar-refractivity contribution >= 4 is 35.1 Å². The van der Waals surface area contributed by atoms with Gasteiger partial charge in [0, 0.05) is 44.9 Å². The first-order chi connectivity index (χ1) is 17.3. The van der Waals surface area contributed by atoms with Gasteiger partial charge >= 0.3 is 5.97 Å². The molecule has 0 spiro atoms. The van der Waals surface area contributed by atoms with Gasteiger partial charge in [0.2, 0.25) is 5.91 Å². The van der Waals surface area contributed by atoms with Crippen molar-refractivity contribution in [2.45, 2.75) is 57.0 Å². The Morgan fingerprint density at radius 3 is 2.67 bits per heavy atom. The minimum Gasteiger partial charge on any atom is -0.469 e. The molecule has 1 aliphatic heterocycles. The quantitative estimate of drug-likeness (QED) is 0.491. The molecule has 2 atom stereocenters. The van der Waals surface area contributed by atoms with Crippen molar-refractivity contribution in [1.82, 2.24) is 14.8 Å². The first-order valence-electron chi connectivity index (χ1n) is 12.5. The number of benzene rings is 1. The lowest BCUT2D eigenvalue weighted by Gasteiger charge is -2.36. The number of halogens is 2. The average molecular weight is 534 g/mol. The van der Waals surface area contributed by atoms with Crippen LogP contribution in [0.2, 0.25) is 10.0 Å². The fraction of sp³-hybridized carbons (Fsp3) is 0.519. The van der Waals surface area contributed by atoms with Gasteiger partial charge in [-0.2, -0.15) is 0 Å². The van der Waals surface area contributed by atoms with Crippen molar-refractivity contribution < 1.29 is 14.3 Å². The van der Waals surface area contributed by atoms with E-state index < -0.39 is 0 Å². The second kappa shape index (κ2) is 11.8. The number of nitrogens with zero attached hydrogens (tertiary/aromatic N) is 2. The molecule has 1 saturated heterocycles. The van der Waals surface area contributed by atoms with Crippen LogP contribution >= 0.6 is 23.2 Å². The number of methoxy groups -OCH3 is 1. The monoisotopic (exact) mass is 533 g/mol. The Morgan fingerprint density at radius 1 is 1.19 bits per heavy atom. The summed E-state index contributed by atoms with van der Waals surface area (Å²) < 4.78 is 6.27. The Balaban J connectivity index is 1.55. The van der Waals surface area contributed by atoms with Gasteiger partial charge in [0.1, 0.15) is 0 Å². The Kier molecular flexibility index (Phi) is 8.75. The highest BCUT2D eigenvalue weighted by Crippen LogP contribution is 2.37. The standard InChI is InChI=1S/C27H33Cl2N3O4/c1-31-11-9-18(14-24(31)33)21-8-10-30-15-22(21)27(35)32(20-6-7-20)16-19-12-17(13-23(28)26(19)29)4-3-5-25(34)36-2/h9,11-14,20-22,30H,3-8,10,15-16H2,1-2H3/t21?,22-/m0/s1. The second-order valence-corrected chi connectivity index (χ2v) is 10.6. The molecule has 1 aromatic heterocycles. The van der Waals surface area contributed by atoms with Crippen LogP contribution in [0.5, 0.6) is 0 Å². The molecule has 1 aromatic carbocycles. The molecule has 2 heterocycles. The number of pyridine rings is 1. The molecule has 1 aliphatic carbocycles. The van der Waals surface area contributed by atoms with Gasteiger partial charge in [-0.15, -0.1) is 0 Å².